The first-order valence-electron chi connectivity index (χ1n) is 6.28. The number of fused-ring (bicyclic) bond motifs is 1. The minimum Gasteiger partial charge on any atom is -0.407 e. The molecule has 0 fully saturated rings. The highest BCUT2D eigenvalue weighted by Crippen LogP contribution is 2.33. The molecule has 0 N–H and O–H groups in total. The number of hydrogen-bond donors (Lipinski definition) is 0. The van der Waals surface area contributed by atoms with E-state index in [2.05, 4.69) is 50.2 Å². The van der Waals surface area contributed by atoms with Gasteiger partial charge in [0, 0.05) is 28.2 Å². The topological polar surface area (TPSA) is 42.4 Å². The summed E-state index contributed by atoms with van der Waals surface area (Å²) in [6, 6.07) is 5.86. The fourth-order valence-electron chi connectivity index (χ4n) is 1.88. The second-order valence-electron chi connectivity index (χ2n) is 4.11. The summed E-state index contributed by atoms with van der Waals surface area (Å²) < 4.78 is 7.55. The molecule has 0 spiro atoms. The van der Waals surface area contributed by atoms with Crippen LogP contribution in [-0.4, -0.2) is 29.1 Å². The van der Waals surface area contributed by atoms with E-state index in [1.807, 2.05) is 32.0 Å². The summed E-state index contributed by atoms with van der Waals surface area (Å²) in [5.74, 6) is 0.540. The van der Waals surface area contributed by atoms with Crippen LogP contribution in [0.3, 0.4) is 0 Å². The molecule has 0 saturated heterocycles. The van der Waals surface area contributed by atoms with Gasteiger partial charge in [-0.1, -0.05) is 6.07 Å². The van der Waals surface area contributed by atoms with Crippen molar-refractivity contribution in [2.75, 3.05) is 13.1 Å². The van der Waals surface area contributed by atoms with Crippen LogP contribution in [0, 0.1) is 7.14 Å². The highest BCUT2D eigenvalue weighted by atomic mass is 127. The second-order valence-corrected chi connectivity index (χ2v) is 6.43. The van der Waals surface area contributed by atoms with E-state index in [4.69, 9.17) is 4.74 Å². The Hall–Kier alpha value is -0.640. The molecular formula is C14H14I2N2O2. The number of carbonyl (C=O) groups is 1. The molecule has 1 heterocycles. The molecule has 2 aromatic rings. The molecule has 20 heavy (non-hydrogen) atoms. The Balaban J connectivity index is 2.47. The van der Waals surface area contributed by atoms with Gasteiger partial charge in [-0.2, -0.15) is 0 Å². The zero-order valence-corrected chi connectivity index (χ0v) is 15.5. The van der Waals surface area contributed by atoms with Crippen molar-refractivity contribution in [3.63, 3.8) is 0 Å². The summed E-state index contributed by atoms with van der Waals surface area (Å²) in [5.41, 5.74) is 0.726. The van der Waals surface area contributed by atoms with Gasteiger partial charge < -0.3 is 9.64 Å². The number of carbonyl (C=O) groups excluding carboxylic acids is 1. The van der Waals surface area contributed by atoms with Crippen molar-refractivity contribution in [3.8, 4) is 5.75 Å². The molecule has 4 nitrogen and oxygen atoms in total. The average molecular weight is 496 g/mol. The van der Waals surface area contributed by atoms with Crippen molar-refractivity contribution >= 4 is 62.2 Å². The van der Waals surface area contributed by atoms with Crippen LogP contribution in [0.25, 0.3) is 10.9 Å². The minimum atomic E-state index is -0.332. The van der Waals surface area contributed by atoms with Crippen LogP contribution in [0.1, 0.15) is 13.8 Å². The van der Waals surface area contributed by atoms with Gasteiger partial charge in [-0.15, -0.1) is 0 Å². The van der Waals surface area contributed by atoms with E-state index in [0.29, 0.717) is 18.8 Å². The fourth-order valence-corrected chi connectivity index (χ4v) is 3.90. The van der Waals surface area contributed by atoms with Crippen molar-refractivity contribution in [2.24, 2.45) is 0 Å². The van der Waals surface area contributed by atoms with E-state index in [9.17, 15) is 4.79 Å². The standard InChI is InChI=1S/C14H14I2N2O2/c1-3-18(4-2)14(19)20-13-11(16)8-10(15)9-6-5-7-17-12(9)13/h5-8H,3-4H2,1-2H3. The van der Waals surface area contributed by atoms with Crippen molar-refractivity contribution in [3.05, 3.63) is 31.5 Å². The SMILES string of the molecule is CCN(CC)C(=O)Oc1c(I)cc(I)c2cccnc12. The summed E-state index contributed by atoms with van der Waals surface area (Å²) in [6.45, 7) is 5.11. The maximum absolute atomic E-state index is 12.1. The Bertz CT molecular complexity index is 642. The number of aromatic nitrogens is 1. The first-order chi connectivity index (χ1) is 9.58. The molecule has 0 radical (unpaired) electrons. The number of halogens is 2. The average Bonchev–Trinajstić information content (AvgIpc) is 2.45. The summed E-state index contributed by atoms with van der Waals surface area (Å²) in [4.78, 5) is 18.1. The lowest BCUT2D eigenvalue weighted by Gasteiger charge is -2.19. The molecule has 106 valence electrons. The number of amides is 1. The molecule has 6 heteroatoms. The monoisotopic (exact) mass is 496 g/mol. The van der Waals surface area contributed by atoms with Gasteiger partial charge in [0.2, 0.25) is 0 Å². The zero-order valence-electron chi connectivity index (χ0n) is 11.2. The maximum atomic E-state index is 12.1. The van der Waals surface area contributed by atoms with Crippen LogP contribution in [0.5, 0.6) is 5.75 Å². The predicted octanol–water partition coefficient (Wildman–Crippen LogP) is 4.28. The molecule has 1 amide bonds. The van der Waals surface area contributed by atoms with Gasteiger partial charge in [0.1, 0.15) is 5.52 Å². The molecule has 0 bridgehead atoms. The third kappa shape index (κ3) is 3.16. The number of pyridine rings is 1. The molecule has 1 aromatic carbocycles. The van der Waals surface area contributed by atoms with Crippen LogP contribution >= 0.6 is 45.2 Å². The Labute approximate surface area is 145 Å². The highest BCUT2D eigenvalue weighted by Gasteiger charge is 2.18. The van der Waals surface area contributed by atoms with Crippen molar-refractivity contribution < 1.29 is 9.53 Å². The molecular weight excluding hydrogens is 482 g/mol. The van der Waals surface area contributed by atoms with Crippen LogP contribution in [-0.2, 0) is 0 Å². The zero-order chi connectivity index (χ0) is 14.7. The van der Waals surface area contributed by atoms with E-state index in [0.717, 1.165) is 18.0 Å². The largest absolute Gasteiger partial charge is 0.415 e. The molecule has 0 atom stereocenters. The third-order valence-corrected chi connectivity index (χ3v) is 4.66. The van der Waals surface area contributed by atoms with Crippen LogP contribution in [0.2, 0.25) is 0 Å². The minimum absolute atomic E-state index is 0.332. The Morgan fingerprint density at radius 2 is 2.00 bits per heavy atom. The van der Waals surface area contributed by atoms with Crippen molar-refractivity contribution in [1.82, 2.24) is 9.88 Å². The summed E-state index contributed by atoms with van der Waals surface area (Å²) >= 11 is 4.44. The lowest BCUT2D eigenvalue weighted by atomic mass is 10.2. The van der Waals surface area contributed by atoms with Crippen LogP contribution in [0.4, 0.5) is 4.79 Å². The highest BCUT2D eigenvalue weighted by molar-refractivity contribution is 14.1. The van der Waals surface area contributed by atoms with E-state index >= 15 is 0 Å². The van der Waals surface area contributed by atoms with E-state index < -0.39 is 0 Å². The summed E-state index contributed by atoms with van der Waals surface area (Å²) in [7, 11) is 0. The van der Waals surface area contributed by atoms with Crippen molar-refractivity contribution in [2.45, 2.75) is 13.8 Å². The van der Waals surface area contributed by atoms with Gasteiger partial charge in [-0.05, 0) is 71.2 Å². The first-order valence-corrected chi connectivity index (χ1v) is 8.43. The van der Waals surface area contributed by atoms with E-state index in [1.165, 1.54) is 0 Å². The molecule has 2 rings (SSSR count). The van der Waals surface area contributed by atoms with E-state index in [1.54, 1.807) is 11.1 Å². The molecule has 1 aromatic heterocycles. The molecule has 0 aliphatic rings. The molecule has 0 unspecified atom stereocenters. The Morgan fingerprint density at radius 3 is 2.65 bits per heavy atom. The second kappa shape index (κ2) is 6.88. The lowest BCUT2D eigenvalue weighted by molar-refractivity contribution is 0.157. The van der Waals surface area contributed by atoms with Gasteiger partial charge in [-0.25, -0.2) is 4.79 Å². The molecule has 0 saturated carbocycles. The molecule has 0 aliphatic heterocycles. The Kier molecular flexibility index (Phi) is 5.42. The smallest absolute Gasteiger partial charge is 0.407 e. The fraction of sp³-hybridized carbons (Fsp3) is 0.286. The summed E-state index contributed by atoms with van der Waals surface area (Å²) in [5, 5.41) is 0.996. The maximum Gasteiger partial charge on any atom is 0.415 e. The van der Waals surface area contributed by atoms with Crippen LogP contribution < -0.4 is 4.74 Å². The quantitative estimate of drug-likeness (QED) is 0.597. The predicted molar refractivity (Wildman–Crippen MR) is 96.1 cm³/mol. The number of rotatable bonds is 3. The van der Waals surface area contributed by atoms with E-state index in [-0.39, 0.29) is 6.09 Å². The van der Waals surface area contributed by atoms with Gasteiger partial charge >= 0.3 is 6.09 Å². The van der Waals surface area contributed by atoms with Gasteiger partial charge in [-0.3, -0.25) is 4.98 Å². The normalized spacial score (nSPS) is 10.6. The number of nitrogens with zero attached hydrogens (tertiary/aromatic N) is 2. The first kappa shape index (κ1) is 15.7. The van der Waals surface area contributed by atoms with Crippen molar-refractivity contribution in [1.29, 1.82) is 0 Å². The third-order valence-electron chi connectivity index (χ3n) is 2.96. The van der Waals surface area contributed by atoms with Gasteiger partial charge in [0.25, 0.3) is 0 Å². The van der Waals surface area contributed by atoms with Gasteiger partial charge in [0.05, 0.1) is 3.57 Å². The van der Waals surface area contributed by atoms with Gasteiger partial charge in [0.15, 0.2) is 5.75 Å². The number of ether oxygens (including phenoxy) is 1. The lowest BCUT2D eigenvalue weighted by Crippen LogP contribution is -2.33. The summed E-state index contributed by atoms with van der Waals surface area (Å²) in [6.07, 6.45) is 1.38. The molecule has 0 aliphatic carbocycles. The number of hydrogen-bond acceptors (Lipinski definition) is 3. The Morgan fingerprint density at radius 1 is 1.30 bits per heavy atom. The number of benzene rings is 1. The van der Waals surface area contributed by atoms with Crippen LogP contribution in [0.15, 0.2) is 24.4 Å².